The molecule has 0 spiro atoms. The van der Waals surface area contributed by atoms with E-state index in [0.29, 0.717) is 0 Å². The van der Waals surface area contributed by atoms with Crippen molar-refractivity contribution in [2.45, 2.75) is 29.9 Å². The highest BCUT2D eigenvalue weighted by Gasteiger charge is 2.41. The van der Waals surface area contributed by atoms with E-state index < -0.39 is 36.5 Å². The maximum absolute atomic E-state index is 9.24. The molecule has 5 atom stereocenters. The fourth-order valence-electron chi connectivity index (χ4n) is 1.08. The van der Waals surface area contributed by atoms with Crippen molar-refractivity contribution in [3.63, 3.8) is 0 Å². The summed E-state index contributed by atoms with van der Waals surface area (Å²) in [6, 6.07) is 0. The summed E-state index contributed by atoms with van der Waals surface area (Å²) in [5.41, 5.74) is 0. The second-order valence-electron chi connectivity index (χ2n) is 2.72. The molecule has 5 nitrogen and oxygen atoms in total. The Hall–Kier alpha value is 0.150. The second-order valence-corrected chi connectivity index (χ2v) is 3.32. The molecule has 72 valence electrons. The molecule has 0 aromatic rings. The van der Waals surface area contributed by atoms with Crippen molar-refractivity contribution >= 4 is 12.6 Å². The SMILES string of the molecule is OC[C@H]1O[C@@H](O)[C@H](S)[C@@H](O)[C@H]1O. The lowest BCUT2D eigenvalue weighted by Gasteiger charge is -2.37. The third-order valence-corrected chi connectivity index (χ3v) is 2.43. The smallest absolute Gasteiger partial charge is 0.169 e. The fraction of sp³-hybridized carbons (Fsp3) is 1.00. The lowest BCUT2D eigenvalue weighted by atomic mass is 10.0. The Morgan fingerprint density at radius 2 is 1.75 bits per heavy atom. The topological polar surface area (TPSA) is 90.2 Å². The first-order valence-electron chi connectivity index (χ1n) is 3.56. The van der Waals surface area contributed by atoms with Gasteiger partial charge in [-0.2, -0.15) is 12.6 Å². The average Bonchev–Trinajstić information content (AvgIpc) is 2.08. The maximum atomic E-state index is 9.24. The van der Waals surface area contributed by atoms with Crippen LogP contribution in [0.3, 0.4) is 0 Å². The summed E-state index contributed by atoms with van der Waals surface area (Å²) in [6.07, 6.45) is -4.60. The zero-order valence-corrected chi connectivity index (χ0v) is 7.13. The quantitative estimate of drug-likeness (QED) is 0.305. The van der Waals surface area contributed by atoms with E-state index in [9.17, 15) is 10.2 Å². The van der Waals surface area contributed by atoms with Crippen LogP contribution >= 0.6 is 12.6 Å². The molecule has 0 aliphatic carbocycles. The summed E-state index contributed by atoms with van der Waals surface area (Å²) in [5, 5.41) is 35.4. The lowest BCUT2D eigenvalue weighted by Crippen LogP contribution is -2.56. The number of aliphatic hydroxyl groups excluding tert-OH is 4. The van der Waals surface area contributed by atoms with E-state index in [0.717, 1.165) is 0 Å². The minimum atomic E-state index is -1.26. The van der Waals surface area contributed by atoms with E-state index in [4.69, 9.17) is 14.9 Å². The van der Waals surface area contributed by atoms with E-state index in [1.165, 1.54) is 0 Å². The van der Waals surface area contributed by atoms with Crippen LogP contribution in [0.2, 0.25) is 0 Å². The summed E-state index contributed by atoms with van der Waals surface area (Å²) in [6.45, 7) is -0.449. The average molecular weight is 196 g/mol. The molecule has 0 aromatic heterocycles. The largest absolute Gasteiger partial charge is 0.394 e. The number of hydrogen-bond donors (Lipinski definition) is 5. The summed E-state index contributed by atoms with van der Waals surface area (Å²) >= 11 is 3.82. The Morgan fingerprint density at radius 1 is 1.17 bits per heavy atom. The Labute approximate surface area is 75.0 Å². The molecule has 0 aromatic carbocycles. The first kappa shape index (κ1) is 10.2. The van der Waals surface area contributed by atoms with Crippen molar-refractivity contribution < 1.29 is 25.2 Å². The Bertz CT molecular complexity index is 150. The number of hydrogen-bond acceptors (Lipinski definition) is 6. The number of thiol groups is 1. The molecule has 1 aliphatic heterocycles. The van der Waals surface area contributed by atoms with Gasteiger partial charge in [-0.05, 0) is 0 Å². The van der Waals surface area contributed by atoms with Gasteiger partial charge in [-0.15, -0.1) is 0 Å². The normalized spacial score (nSPS) is 49.2. The van der Waals surface area contributed by atoms with Crippen LogP contribution in [0.15, 0.2) is 0 Å². The molecule has 6 heteroatoms. The van der Waals surface area contributed by atoms with Crippen molar-refractivity contribution in [3.8, 4) is 0 Å². The van der Waals surface area contributed by atoms with Gasteiger partial charge in [0.15, 0.2) is 6.29 Å². The van der Waals surface area contributed by atoms with Gasteiger partial charge in [0.25, 0.3) is 0 Å². The summed E-state index contributed by atoms with van der Waals surface area (Å²) in [5.74, 6) is 0. The molecule has 0 saturated carbocycles. The zero-order chi connectivity index (χ0) is 9.30. The molecule has 1 fully saturated rings. The standard InChI is InChI=1S/C6H12O5S/c7-1-2-3(8)4(9)5(12)6(10)11-2/h2-10,12H,1H2/t2-,3+,4+,5-,6-/m1/s1. The van der Waals surface area contributed by atoms with Crippen LogP contribution in [0.25, 0.3) is 0 Å². The highest BCUT2D eigenvalue weighted by molar-refractivity contribution is 7.81. The molecule has 0 unspecified atom stereocenters. The van der Waals surface area contributed by atoms with E-state index in [2.05, 4.69) is 12.6 Å². The highest BCUT2D eigenvalue weighted by atomic mass is 32.1. The molecule has 0 amide bonds. The Kier molecular flexibility index (Phi) is 3.33. The van der Waals surface area contributed by atoms with Gasteiger partial charge in [0.05, 0.1) is 18.0 Å². The molecule has 1 rings (SSSR count). The zero-order valence-electron chi connectivity index (χ0n) is 6.24. The summed E-state index contributed by atoms with van der Waals surface area (Å²) < 4.78 is 4.75. The lowest BCUT2D eigenvalue weighted by molar-refractivity contribution is -0.234. The predicted octanol–water partition coefficient (Wildman–Crippen LogP) is -2.28. The van der Waals surface area contributed by atoms with Crippen LogP contribution in [0.1, 0.15) is 0 Å². The number of rotatable bonds is 1. The Balaban J connectivity index is 2.63. The molecular formula is C6H12O5S. The molecule has 1 saturated heterocycles. The van der Waals surface area contributed by atoms with Crippen molar-refractivity contribution in [3.05, 3.63) is 0 Å². The van der Waals surface area contributed by atoms with Crippen LogP contribution in [0, 0.1) is 0 Å². The van der Waals surface area contributed by atoms with Crippen molar-refractivity contribution in [1.82, 2.24) is 0 Å². The minimum absolute atomic E-state index is 0.449. The van der Waals surface area contributed by atoms with Crippen molar-refractivity contribution in [1.29, 1.82) is 0 Å². The molecule has 1 heterocycles. The molecular weight excluding hydrogens is 184 g/mol. The summed E-state index contributed by atoms with van der Waals surface area (Å²) in [4.78, 5) is 0. The van der Waals surface area contributed by atoms with Gasteiger partial charge in [-0.1, -0.05) is 0 Å². The third-order valence-electron chi connectivity index (χ3n) is 1.87. The second kappa shape index (κ2) is 3.91. The van der Waals surface area contributed by atoms with Crippen LogP contribution in [0.4, 0.5) is 0 Å². The molecule has 1 aliphatic rings. The molecule has 12 heavy (non-hydrogen) atoms. The van der Waals surface area contributed by atoms with E-state index >= 15 is 0 Å². The van der Waals surface area contributed by atoms with Crippen LogP contribution in [0.5, 0.6) is 0 Å². The van der Waals surface area contributed by atoms with Gasteiger partial charge in [0, 0.05) is 0 Å². The summed E-state index contributed by atoms with van der Waals surface area (Å²) in [7, 11) is 0. The van der Waals surface area contributed by atoms with E-state index in [1.807, 2.05) is 0 Å². The van der Waals surface area contributed by atoms with Crippen LogP contribution < -0.4 is 0 Å². The fourth-order valence-corrected chi connectivity index (χ4v) is 1.33. The van der Waals surface area contributed by atoms with Crippen molar-refractivity contribution in [2.24, 2.45) is 0 Å². The van der Waals surface area contributed by atoms with E-state index in [-0.39, 0.29) is 0 Å². The number of aliphatic hydroxyl groups is 4. The van der Waals surface area contributed by atoms with Crippen LogP contribution in [-0.4, -0.2) is 56.9 Å². The van der Waals surface area contributed by atoms with Gasteiger partial charge in [0.2, 0.25) is 0 Å². The Morgan fingerprint density at radius 3 is 2.25 bits per heavy atom. The molecule has 0 radical (unpaired) electrons. The monoisotopic (exact) mass is 196 g/mol. The van der Waals surface area contributed by atoms with Gasteiger partial charge >= 0.3 is 0 Å². The van der Waals surface area contributed by atoms with Gasteiger partial charge in [-0.25, -0.2) is 0 Å². The van der Waals surface area contributed by atoms with Gasteiger partial charge in [0.1, 0.15) is 12.2 Å². The predicted molar refractivity (Wildman–Crippen MR) is 42.8 cm³/mol. The van der Waals surface area contributed by atoms with Crippen molar-refractivity contribution in [2.75, 3.05) is 6.61 Å². The first-order valence-corrected chi connectivity index (χ1v) is 4.08. The number of ether oxygens (including phenoxy) is 1. The van der Waals surface area contributed by atoms with Gasteiger partial charge < -0.3 is 25.2 Å². The molecule has 4 N–H and O–H groups in total. The third kappa shape index (κ3) is 1.73. The van der Waals surface area contributed by atoms with Crippen LogP contribution in [-0.2, 0) is 4.74 Å². The maximum Gasteiger partial charge on any atom is 0.169 e. The molecule has 0 bridgehead atoms. The first-order chi connectivity index (χ1) is 5.57. The minimum Gasteiger partial charge on any atom is -0.394 e. The van der Waals surface area contributed by atoms with E-state index in [1.54, 1.807) is 0 Å². The van der Waals surface area contributed by atoms with Gasteiger partial charge in [-0.3, -0.25) is 0 Å². The highest BCUT2D eigenvalue weighted by Crippen LogP contribution is 2.22.